The van der Waals surface area contributed by atoms with E-state index in [-0.39, 0.29) is 35.7 Å². The predicted octanol–water partition coefficient (Wildman–Crippen LogP) is 1.14. The molecule has 3 aliphatic rings. The first kappa shape index (κ1) is 13.5. The maximum atomic E-state index is 12.7. The van der Waals surface area contributed by atoms with E-state index in [4.69, 9.17) is 4.74 Å². The molecule has 3 fully saturated rings. The molecule has 0 amide bonds. The minimum absolute atomic E-state index is 0.0283. The summed E-state index contributed by atoms with van der Waals surface area (Å²) in [5, 5.41) is 20.1. The molecule has 4 nitrogen and oxygen atoms in total. The van der Waals surface area contributed by atoms with Crippen LogP contribution in [-0.4, -0.2) is 40.4 Å². The summed E-state index contributed by atoms with van der Waals surface area (Å²) < 4.78 is 5.68. The number of ketones is 1. The Kier molecular flexibility index (Phi) is 2.56. The standard InChI is InChI=1S/C15H24O4/c1-13(2)9(17)5-6-14(3)8(7-16)15(4)12(19-15)10(18)11(13)14/h8-9,11-12,16-17H,5-7H2,1-4H3/t8-,9+,11+,12+,14+,15-/m1/s1. The van der Waals surface area contributed by atoms with Crippen molar-refractivity contribution in [2.75, 3.05) is 6.61 Å². The van der Waals surface area contributed by atoms with Crippen molar-refractivity contribution in [2.45, 2.75) is 58.3 Å². The number of ether oxygens (including phenoxy) is 1. The fraction of sp³-hybridized carbons (Fsp3) is 0.933. The van der Waals surface area contributed by atoms with Crippen LogP contribution in [0.1, 0.15) is 40.5 Å². The lowest BCUT2D eigenvalue weighted by Crippen LogP contribution is -2.62. The van der Waals surface area contributed by atoms with Crippen LogP contribution in [-0.2, 0) is 9.53 Å². The minimum Gasteiger partial charge on any atom is -0.396 e. The van der Waals surface area contributed by atoms with Gasteiger partial charge in [-0.2, -0.15) is 0 Å². The largest absolute Gasteiger partial charge is 0.396 e. The average Bonchev–Trinajstić information content (AvgIpc) is 2.98. The molecule has 0 aromatic rings. The second-order valence-electron chi connectivity index (χ2n) is 7.63. The van der Waals surface area contributed by atoms with Gasteiger partial charge in [0.25, 0.3) is 0 Å². The van der Waals surface area contributed by atoms with Crippen LogP contribution in [0.5, 0.6) is 0 Å². The zero-order valence-corrected chi connectivity index (χ0v) is 12.1. The number of aliphatic hydroxyl groups excluding tert-OH is 2. The highest BCUT2D eigenvalue weighted by Gasteiger charge is 2.75. The predicted molar refractivity (Wildman–Crippen MR) is 69.5 cm³/mol. The van der Waals surface area contributed by atoms with Gasteiger partial charge in [0, 0.05) is 23.9 Å². The topological polar surface area (TPSA) is 70.1 Å². The number of epoxide rings is 1. The summed E-state index contributed by atoms with van der Waals surface area (Å²) in [5.74, 6) is -0.139. The van der Waals surface area contributed by atoms with E-state index in [1.165, 1.54) is 0 Å². The Labute approximate surface area is 114 Å². The Balaban J connectivity index is 2.09. The van der Waals surface area contributed by atoms with Gasteiger partial charge in [0.05, 0.1) is 6.10 Å². The Bertz CT molecular complexity index is 432. The first-order valence-electron chi connectivity index (χ1n) is 7.20. The third kappa shape index (κ3) is 1.43. The van der Waals surface area contributed by atoms with Gasteiger partial charge in [-0.25, -0.2) is 0 Å². The lowest BCUT2D eigenvalue weighted by atomic mass is 9.45. The van der Waals surface area contributed by atoms with Gasteiger partial charge in [0.2, 0.25) is 0 Å². The van der Waals surface area contributed by atoms with Crippen molar-refractivity contribution in [3.63, 3.8) is 0 Å². The smallest absolute Gasteiger partial charge is 0.168 e. The van der Waals surface area contributed by atoms with Gasteiger partial charge in [-0.1, -0.05) is 20.8 Å². The van der Waals surface area contributed by atoms with Crippen molar-refractivity contribution in [1.29, 1.82) is 0 Å². The van der Waals surface area contributed by atoms with Crippen LogP contribution in [0.2, 0.25) is 0 Å². The summed E-state index contributed by atoms with van der Waals surface area (Å²) in [7, 11) is 0. The third-order valence-electron chi connectivity index (χ3n) is 6.27. The van der Waals surface area contributed by atoms with Gasteiger partial charge < -0.3 is 14.9 Å². The van der Waals surface area contributed by atoms with Crippen LogP contribution in [0.4, 0.5) is 0 Å². The fourth-order valence-electron chi connectivity index (χ4n) is 5.09. The third-order valence-corrected chi connectivity index (χ3v) is 6.27. The van der Waals surface area contributed by atoms with Crippen LogP contribution in [0.15, 0.2) is 0 Å². The van der Waals surface area contributed by atoms with Crippen LogP contribution < -0.4 is 0 Å². The average molecular weight is 268 g/mol. The Morgan fingerprint density at radius 2 is 1.95 bits per heavy atom. The van der Waals surface area contributed by atoms with Crippen LogP contribution in [0, 0.1) is 22.7 Å². The number of aliphatic hydroxyl groups is 2. The van der Waals surface area contributed by atoms with Crippen molar-refractivity contribution in [1.82, 2.24) is 0 Å². The van der Waals surface area contributed by atoms with E-state index >= 15 is 0 Å². The molecule has 0 bridgehead atoms. The second-order valence-corrected chi connectivity index (χ2v) is 7.63. The van der Waals surface area contributed by atoms with Crippen LogP contribution in [0.3, 0.4) is 0 Å². The normalized spacial score (nSPS) is 55.4. The minimum atomic E-state index is -0.491. The molecule has 4 heteroatoms. The van der Waals surface area contributed by atoms with Gasteiger partial charge >= 0.3 is 0 Å². The molecule has 2 aliphatic carbocycles. The summed E-state index contributed by atoms with van der Waals surface area (Å²) in [4.78, 5) is 12.7. The SMILES string of the molecule is CC1(C)[C@@H](O)CC[C@@]2(C)[C@@H](CO)[C@@]3(C)O[C@H]3C(=O)[C@@H]12. The van der Waals surface area contributed by atoms with E-state index < -0.39 is 17.1 Å². The molecule has 0 unspecified atom stereocenters. The van der Waals surface area contributed by atoms with Crippen LogP contribution >= 0.6 is 0 Å². The molecular formula is C15H24O4. The number of hydrogen-bond donors (Lipinski definition) is 2. The van der Waals surface area contributed by atoms with Crippen LogP contribution in [0.25, 0.3) is 0 Å². The Hall–Kier alpha value is -0.450. The Morgan fingerprint density at radius 1 is 1.32 bits per heavy atom. The number of carbonyl (C=O) groups is 1. The van der Waals surface area contributed by atoms with E-state index in [2.05, 4.69) is 6.92 Å². The molecular weight excluding hydrogens is 244 g/mol. The summed E-state index contributed by atoms with van der Waals surface area (Å²) in [6, 6.07) is 0. The highest BCUT2D eigenvalue weighted by Crippen LogP contribution is 2.66. The molecule has 1 heterocycles. The molecule has 0 aromatic heterocycles. The molecule has 6 atom stereocenters. The molecule has 0 spiro atoms. The molecule has 2 N–H and O–H groups in total. The van der Waals surface area contributed by atoms with Gasteiger partial charge in [0.1, 0.15) is 11.7 Å². The molecule has 19 heavy (non-hydrogen) atoms. The molecule has 108 valence electrons. The maximum Gasteiger partial charge on any atom is 0.168 e. The first-order valence-corrected chi connectivity index (χ1v) is 7.20. The molecule has 2 saturated carbocycles. The number of Topliss-reactive ketones (excluding diaryl/α,β-unsaturated/α-hetero) is 1. The highest BCUT2D eigenvalue weighted by molar-refractivity contribution is 5.92. The van der Waals surface area contributed by atoms with Gasteiger partial charge in [-0.05, 0) is 25.2 Å². The molecule has 0 aromatic carbocycles. The van der Waals surface area contributed by atoms with Crippen molar-refractivity contribution in [3.8, 4) is 0 Å². The van der Waals surface area contributed by atoms with E-state index in [0.717, 1.165) is 6.42 Å². The van der Waals surface area contributed by atoms with E-state index in [0.29, 0.717) is 6.42 Å². The number of fused-ring (bicyclic) bond motifs is 2. The summed E-state index contributed by atoms with van der Waals surface area (Å²) in [5.41, 5.74) is -1.23. The Morgan fingerprint density at radius 3 is 2.53 bits per heavy atom. The van der Waals surface area contributed by atoms with Gasteiger partial charge in [0.15, 0.2) is 5.78 Å². The second kappa shape index (κ2) is 3.60. The fourth-order valence-corrected chi connectivity index (χ4v) is 5.09. The van der Waals surface area contributed by atoms with E-state index in [1.807, 2.05) is 20.8 Å². The number of carbonyl (C=O) groups excluding carboxylic acids is 1. The number of hydrogen-bond acceptors (Lipinski definition) is 4. The van der Waals surface area contributed by atoms with Crippen molar-refractivity contribution >= 4 is 5.78 Å². The zero-order valence-electron chi connectivity index (χ0n) is 12.1. The summed E-state index contributed by atoms with van der Waals surface area (Å²) >= 11 is 0. The molecule has 3 rings (SSSR count). The summed E-state index contributed by atoms with van der Waals surface area (Å²) in [6.07, 6.45) is 0.611. The van der Waals surface area contributed by atoms with E-state index in [1.54, 1.807) is 0 Å². The molecule has 0 radical (unpaired) electrons. The van der Waals surface area contributed by atoms with Crippen molar-refractivity contribution < 1.29 is 19.7 Å². The summed E-state index contributed by atoms with van der Waals surface area (Å²) in [6.45, 7) is 8.01. The molecule has 1 aliphatic heterocycles. The van der Waals surface area contributed by atoms with Crippen molar-refractivity contribution in [3.05, 3.63) is 0 Å². The zero-order chi connectivity index (χ0) is 14.2. The van der Waals surface area contributed by atoms with Crippen molar-refractivity contribution in [2.24, 2.45) is 22.7 Å². The number of rotatable bonds is 1. The lowest BCUT2D eigenvalue weighted by molar-refractivity contribution is -0.166. The van der Waals surface area contributed by atoms with Gasteiger partial charge in [-0.15, -0.1) is 0 Å². The highest BCUT2D eigenvalue weighted by atomic mass is 16.6. The van der Waals surface area contributed by atoms with E-state index in [9.17, 15) is 15.0 Å². The first-order chi connectivity index (χ1) is 8.69. The quantitative estimate of drug-likeness (QED) is 0.700. The lowest BCUT2D eigenvalue weighted by Gasteiger charge is -2.57. The van der Waals surface area contributed by atoms with Gasteiger partial charge in [-0.3, -0.25) is 4.79 Å². The monoisotopic (exact) mass is 268 g/mol. The maximum absolute atomic E-state index is 12.7. The molecule has 1 saturated heterocycles.